The molecule has 0 atom stereocenters. The van der Waals surface area contributed by atoms with Crippen LogP contribution >= 0.6 is 7.82 Å². The Kier molecular flexibility index (Phi) is 5.44. The van der Waals surface area contributed by atoms with Crippen molar-refractivity contribution in [1.82, 2.24) is 9.97 Å². The van der Waals surface area contributed by atoms with Gasteiger partial charge in [0.05, 0.1) is 25.6 Å². The Hall–Kier alpha value is -1.75. The molecular weight excluding hydrogens is 291 g/mol. The standard InChI is InChI=1S/C14H17N2O4P/c1-3-18-21(17,19-4-2)20-13-10-15-14(16-11-13)12-8-6-5-7-9-12/h5-11H,3-4H2,1-2H3. The van der Waals surface area contributed by atoms with Crippen molar-refractivity contribution in [2.75, 3.05) is 13.2 Å². The lowest BCUT2D eigenvalue weighted by molar-refractivity contribution is 0.167. The highest BCUT2D eigenvalue weighted by Crippen LogP contribution is 2.49. The average molecular weight is 308 g/mol. The second kappa shape index (κ2) is 7.31. The van der Waals surface area contributed by atoms with Gasteiger partial charge in [-0.15, -0.1) is 0 Å². The fourth-order valence-corrected chi connectivity index (χ4v) is 2.80. The Morgan fingerprint density at radius 2 is 1.57 bits per heavy atom. The zero-order chi connectivity index (χ0) is 15.1. The van der Waals surface area contributed by atoms with Crippen LogP contribution in [0.15, 0.2) is 42.7 Å². The van der Waals surface area contributed by atoms with Gasteiger partial charge in [0, 0.05) is 5.56 Å². The molecule has 0 bridgehead atoms. The number of hydrogen-bond donors (Lipinski definition) is 0. The van der Waals surface area contributed by atoms with Crippen molar-refractivity contribution >= 4 is 7.82 Å². The van der Waals surface area contributed by atoms with Crippen LogP contribution in [-0.4, -0.2) is 23.2 Å². The fraction of sp³-hybridized carbons (Fsp3) is 0.286. The van der Waals surface area contributed by atoms with Gasteiger partial charge in [-0.05, 0) is 13.8 Å². The summed E-state index contributed by atoms with van der Waals surface area (Å²) in [5, 5.41) is 0. The van der Waals surface area contributed by atoms with E-state index in [0.717, 1.165) is 5.56 Å². The largest absolute Gasteiger partial charge is 0.530 e. The number of hydrogen-bond acceptors (Lipinski definition) is 6. The van der Waals surface area contributed by atoms with Gasteiger partial charge < -0.3 is 4.52 Å². The lowest BCUT2D eigenvalue weighted by atomic mass is 10.2. The Labute approximate surface area is 123 Å². The van der Waals surface area contributed by atoms with E-state index in [1.54, 1.807) is 13.8 Å². The first-order valence-corrected chi connectivity index (χ1v) is 8.09. The van der Waals surface area contributed by atoms with Crippen molar-refractivity contribution in [3.63, 3.8) is 0 Å². The minimum absolute atomic E-state index is 0.222. The number of aromatic nitrogens is 2. The smallest absolute Gasteiger partial charge is 0.401 e. The molecule has 2 aromatic rings. The highest BCUT2D eigenvalue weighted by Gasteiger charge is 2.27. The van der Waals surface area contributed by atoms with Gasteiger partial charge in [-0.25, -0.2) is 14.5 Å². The second-order valence-electron chi connectivity index (χ2n) is 3.98. The molecule has 0 N–H and O–H groups in total. The van der Waals surface area contributed by atoms with Gasteiger partial charge in [0.1, 0.15) is 0 Å². The molecule has 1 aromatic heterocycles. The van der Waals surface area contributed by atoms with Crippen LogP contribution < -0.4 is 4.52 Å². The summed E-state index contributed by atoms with van der Waals surface area (Å²) in [6.45, 7) is 3.87. The molecule has 0 spiro atoms. The predicted molar refractivity (Wildman–Crippen MR) is 79.0 cm³/mol. The van der Waals surface area contributed by atoms with Crippen LogP contribution in [0.5, 0.6) is 5.75 Å². The predicted octanol–water partition coefficient (Wildman–Crippen LogP) is 3.70. The summed E-state index contributed by atoms with van der Waals surface area (Å²) >= 11 is 0. The van der Waals surface area contributed by atoms with Crippen LogP contribution in [0.3, 0.4) is 0 Å². The highest BCUT2D eigenvalue weighted by atomic mass is 31.2. The van der Waals surface area contributed by atoms with E-state index in [1.807, 2.05) is 30.3 Å². The number of phosphoric ester groups is 1. The SMILES string of the molecule is CCOP(=O)(OCC)Oc1cnc(-c2ccccc2)nc1. The van der Waals surface area contributed by atoms with Gasteiger partial charge in [-0.2, -0.15) is 0 Å². The molecule has 0 radical (unpaired) electrons. The Balaban J connectivity index is 2.13. The molecule has 1 heterocycles. The molecule has 0 aliphatic carbocycles. The van der Waals surface area contributed by atoms with E-state index in [1.165, 1.54) is 12.4 Å². The summed E-state index contributed by atoms with van der Waals surface area (Å²) in [6, 6.07) is 9.53. The maximum atomic E-state index is 12.2. The summed E-state index contributed by atoms with van der Waals surface area (Å²) in [4.78, 5) is 8.37. The van der Waals surface area contributed by atoms with E-state index in [0.29, 0.717) is 5.82 Å². The molecule has 1 aromatic carbocycles. The molecule has 0 saturated heterocycles. The van der Waals surface area contributed by atoms with E-state index in [-0.39, 0.29) is 19.0 Å². The highest BCUT2D eigenvalue weighted by molar-refractivity contribution is 7.48. The minimum atomic E-state index is -3.61. The van der Waals surface area contributed by atoms with E-state index >= 15 is 0 Å². The van der Waals surface area contributed by atoms with Crippen molar-refractivity contribution in [3.05, 3.63) is 42.7 Å². The van der Waals surface area contributed by atoms with E-state index < -0.39 is 7.82 Å². The van der Waals surface area contributed by atoms with Crippen LogP contribution in [0.4, 0.5) is 0 Å². The van der Waals surface area contributed by atoms with Gasteiger partial charge in [0.15, 0.2) is 11.6 Å². The maximum Gasteiger partial charge on any atom is 0.530 e. The Bertz CT molecular complexity index is 594. The third-order valence-electron chi connectivity index (χ3n) is 2.45. The molecule has 0 aliphatic heterocycles. The van der Waals surface area contributed by atoms with Gasteiger partial charge in [0.25, 0.3) is 0 Å². The number of nitrogens with zero attached hydrogens (tertiary/aromatic N) is 2. The first-order valence-electron chi connectivity index (χ1n) is 6.63. The topological polar surface area (TPSA) is 70.5 Å². The summed E-state index contributed by atoms with van der Waals surface area (Å²) in [5.41, 5.74) is 0.891. The quantitative estimate of drug-likeness (QED) is 0.726. The monoisotopic (exact) mass is 308 g/mol. The summed E-state index contributed by atoms with van der Waals surface area (Å²) in [6.07, 6.45) is 2.89. The maximum absolute atomic E-state index is 12.2. The normalized spacial score (nSPS) is 11.3. The second-order valence-corrected chi connectivity index (χ2v) is 5.58. The van der Waals surface area contributed by atoms with Crippen LogP contribution in [0.1, 0.15) is 13.8 Å². The molecule has 21 heavy (non-hydrogen) atoms. The van der Waals surface area contributed by atoms with Gasteiger partial charge >= 0.3 is 7.82 Å². The van der Waals surface area contributed by atoms with Gasteiger partial charge in [0.2, 0.25) is 0 Å². The minimum Gasteiger partial charge on any atom is -0.401 e. The van der Waals surface area contributed by atoms with Crippen molar-refractivity contribution in [3.8, 4) is 17.1 Å². The van der Waals surface area contributed by atoms with Crippen molar-refractivity contribution < 1.29 is 18.1 Å². The Morgan fingerprint density at radius 3 is 2.10 bits per heavy atom. The van der Waals surface area contributed by atoms with Crippen molar-refractivity contribution in [2.24, 2.45) is 0 Å². The van der Waals surface area contributed by atoms with Crippen LogP contribution in [-0.2, 0) is 13.6 Å². The molecular formula is C14H17N2O4P. The van der Waals surface area contributed by atoms with Crippen LogP contribution in [0, 0.1) is 0 Å². The molecule has 2 rings (SSSR count). The molecule has 0 saturated carbocycles. The molecule has 0 unspecified atom stereocenters. The fourth-order valence-electron chi connectivity index (χ4n) is 1.63. The first kappa shape index (κ1) is 15.6. The van der Waals surface area contributed by atoms with E-state index in [9.17, 15) is 4.57 Å². The lowest BCUT2D eigenvalue weighted by Crippen LogP contribution is -2.03. The zero-order valence-electron chi connectivity index (χ0n) is 11.9. The molecule has 7 heteroatoms. The molecule has 0 aliphatic rings. The van der Waals surface area contributed by atoms with Crippen LogP contribution in [0.2, 0.25) is 0 Å². The van der Waals surface area contributed by atoms with Crippen molar-refractivity contribution in [2.45, 2.75) is 13.8 Å². The molecule has 112 valence electrons. The summed E-state index contributed by atoms with van der Waals surface area (Å²) < 4.78 is 27.6. The molecule has 0 amide bonds. The summed E-state index contributed by atoms with van der Waals surface area (Å²) in [7, 11) is -3.61. The summed E-state index contributed by atoms with van der Waals surface area (Å²) in [5.74, 6) is 0.797. The average Bonchev–Trinajstić information content (AvgIpc) is 2.49. The number of benzene rings is 1. The third kappa shape index (κ3) is 4.36. The van der Waals surface area contributed by atoms with Gasteiger partial charge in [-0.3, -0.25) is 9.05 Å². The van der Waals surface area contributed by atoms with E-state index in [4.69, 9.17) is 13.6 Å². The number of phosphoric acid groups is 1. The van der Waals surface area contributed by atoms with Crippen LogP contribution in [0.25, 0.3) is 11.4 Å². The molecule has 0 fully saturated rings. The van der Waals surface area contributed by atoms with Gasteiger partial charge in [-0.1, -0.05) is 30.3 Å². The van der Waals surface area contributed by atoms with Crippen molar-refractivity contribution in [1.29, 1.82) is 0 Å². The number of rotatable bonds is 7. The van der Waals surface area contributed by atoms with E-state index in [2.05, 4.69) is 9.97 Å². The zero-order valence-corrected chi connectivity index (χ0v) is 12.8. The first-order chi connectivity index (χ1) is 10.2. The third-order valence-corrected chi connectivity index (χ3v) is 4.04. The molecule has 6 nitrogen and oxygen atoms in total. The lowest BCUT2D eigenvalue weighted by Gasteiger charge is -2.16. The Morgan fingerprint density at radius 1 is 1.00 bits per heavy atom.